The molecule has 0 radical (unpaired) electrons. The first-order valence-corrected chi connectivity index (χ1v) is 6.57. The summed E-state index contributed by atoms with van der Waals surface area (Å²) in [6.07, 6.45) is 8.01. The largest absolute Gasteiger partial charge is 0.399 e. The number of hydrazine groups is 1. The molecule has 19 heavy (non-hydrogen) atoms. The molecule has 0 saturated carbocycles. The number of rotatable bonds is 7. The van der Waals surface area contributed by atoms with Crippen molar-refractivity contribution < 1.29 is 0 Å². The van der Waals surface area contributed by atoms with Crippen molar-refractivity contribution in [1.82, 2.24) is 15.4 Å². The van der Waals surface area contributed by atoms with Crippen molar-refractivity contribution in [3.05, 3.63) is 36.2 Å². The Balaban J connectivity index is 2.16. The van der Waals surface area contributed by atoms with Crippen LogP contribution in [-0.2, 0) is 6.42 Å². The van der Waals surface area contributed by atoms with Gasteiger partial charge in [-0.3, -0.25) is 11.3 Å². The molecule has 5 heteroatoms. The molecular formula is C14H21N5. The van der Waals surface area contributed by atoms with Gasteiger partial charge in [0.05, 0.1) is 0 Å². The topological polar surface area (TPSA) is 92.7 Å². The average molecular weight is 259 g/mol. The second-order valence-corrected chi connectivity index (χ2v) is 4.68. The summed E-state index contributed by atoms with van der Waals surface area (Å²) in [4.78, 5) is 7.49. The summed E-state index contributed by atoms with van der Waals surface area (Å²) in [5.41, 5.74) is 12.2. The summed E-state index contributed by atoms with van der Waals surface area (Å²) in [5.74, 6) is 5.26. The van der Waals surface area contributed by atoms with E-state index in [4.69, 9.17) is 11.6 Å². The van der Waals surface area contributed by atoms with E-state index in [1.165, 1.54) is 5.56 Å². The van der Waals surface area contributed by atoms with E-state index in [-0.39, 0.29) is 0 Å². The van der Waals surface area contributed by atoms with Gasteiger partial charge in [-0.2, -0.15) is 0 Å². The van der Waals surface area contributed by atoms with Crippen LogP contribution >= 0.6 is 0 Å². The van der Waals surface area contributed by atoms with Crippen molar-refractivity contribution in [3.8, 4) is 0 Å². The van der Waals surface area contributed by atoms with Crippen molar-refractivity contribution in [2.45, 2.75) is 25.7 Å². The van der Waals surface area contributed by atoms with Gasteiger partial charge in [0.2, 0.25) is 0 Å². The Kier molecular flexibility index (Phi) is 4.54. The average Bonchev–Trinajstić information content (AvgIpc) is 2.86. The summed E-state index contributed by atoms with van der Waals surface area (Å²) < 4.78 is 0. The fourth-order valence-corrected chi connectivity index (χ4v) is 2.31. The number of hydrogen-bond donors (Lipinski definition) is 4. The highest BCUT2D eigenvalue weighted by Crippen LogP contribution is 2.24. The zero-order valence-corrected chi connectivity index (χ0v) is 11.1. The van der Waals surface area contributed by atoms with Crippen molar-refractivity contribution in [3.63, 3.8) is 0 Å². The number of aryl methyl sites for hydroxylation is 1. The van der Waals surface area contributed by atoms with E-state index in [1.807, 2.05) is 12.3 Å². The van der Waals surface area contributed by atoms with E-state index >= 15 is 0 Å². The molecule has 0 spiro atoms. The van der Waals surface area contributed by atoms with E-state index in [1.54, 1.807) is 6.20 Å². The van der Waals surface area contributed by atoms with Gasteiger partial charge in [0.25, 0.3) is 0 Å². The minimum atomic E-state index is 0.578. The van der Waals surface area contributed by atoms with Crippen molar-refractivity contribution >= 4 is 16.7 Å². The molecule has 0 aliphatic carbocycles. The van der Waals surface area contributed by atoms with Gasteiger partial charge < -0.3 is 10.7 Å². The van der Waals surface area contributed by atoms with Crippen LogP contribution in [0.3, 0.4) is 0 Å². The van der Waals surface area contributed by atoms with Crippen LogP contribution in [0.15, 0.2) is 25.0 Å². The van der Waals surface area contributed by atoms with Gasteiger partial charge in [-0.25, -0.2) is 4.98 Å². The number of aromatic amines is 1. The first-order chi connectivity index (χ1) is 9.24. The van der Waals surface area contributed by atoms with Crippen molar-refractivity contribution in [1.29, 1.82) is 0 Å². The lowest BCUT2D eigenvalue weighted by molar-refractivity contribution is 0.620. The smallest absolute Gasteiger partial charge is 0.137 e. The molecule has 2 aromatic heterocycles. The fraction of sp³-hybridized carbons (Fsp3) is 0.357. The molecule has 0 fully saturated rings. The number of pyridine rings is 1. The molecular weight excluding hydrogens is 238 g/mol. The molecule has 5 nitrogen and oxygen atoms in total. The highest BCUT2D eigenvalue weighted by Gasteiger charge is 2.10. The predicted octanol–water partition coefficient (Wildman–Crippen LogP) is 1.67. The summed E-state index contributed by atoms with van der Waals surface area (Å²) in [6.45, 7) is 4.69. The van der Waals surface area contributed by atoms with Crippen LogP contribution in [-0.4, -0.2) is 16.5 Å². The molecule has 6 N–H and O–H groups in total. The lowest BCUT2D eigenvalue weighted by atomic mass is 9.99. The Morgan fingerprint density at radius 1 is 1.37 bits per heavy atom. The maximum Gasteiger partial charge on any atom is 0.137 e. The van der Waals surface area contributed by atoms with Crippen molar-refractivity contribution in [2.24, 2.45) is 11.6 Å². The third-order valence-electron chi connectivity index (χ3n) is 3.29. The van der Waals surface area contributed by atoms with Crippen molar-refractivity contribution in [2.75, 3.05) is 6.54 Å². The van der Waals surface area contributed by atoms with E-state index in [0.29, 0.717) is 5.70 Å². The van der Waals surface area contributed by atoms with Gasteiger partial charge >= 0.3 is 0 Å². The molecule has 0 bridgehead atoms. The summed E-state index contributed by atoms with van der Waals surface area (Å²) in [7, 11) is 0. The standard InChI is InChI=1S/C14H21N5/c1-10(15)13-9-18-14-12(6-8-17-14)11(13)5-3-2-4-7-19-16/h6,8-9,19H,1-5,7,15-16H2,(H,17,18). The minimum Gasteiger partial charge on any atom is -0.399 e. The van der Waals surface area contributed by atoms with Crippen LogP contribution in [0.2, 0.25) is 0 Å². The summed E-state index contributed by atoms with van der Waals surface area (Å²) in [5, 5.41) is 1.14. The van der Waals surface area contributed by atoms with Gasteiger partial charge in [-0.1, -0.05) is 13.0 Å². The molecule has 102 valence electrons. The second-order valence-electron chi connectivity index (χ2n) is 4.68. The number of H-pyrrole nitrogens is 1. The number of fused-ring (bicyclic) bond motifs is 1. The van der Waals surface area contributed by atoms with Crippen LogP contribution in [0.1, 0.15) is 30.4 Å². The fourth-order valence-electron chi connectivity index (χ4n) is 2.31. The maximum atomic E-state index is 5.86. The van der Waals surface area contributed by atoms with E-state index < -0.39 is 0 Å². The maximum absolute atomic E-state index is 5.86. The summed E-state index contributed by atoms with van der Waals surface area (Å²) in [6, 6.07) is 2.05. The third kappa shape index (κ3) is 3.13. The number of hydrogen-bond acceptors (Lipinski definition) is 4. The number of nitrogens with two attached hydrogens (primary N) is 2. The number of aromatic nitrogens is 2. The molecule has 0 amide bonds. The zero-order chi connectivity index (χ0) is 13.7. The Labute approximate surface area is 113 Å². The Hall–Kier alpha value is -1.85. The summed E-state index contributed by atoms with van der Waals surface area (Å²) >= 11 is 0. The van der Waals surface area contributed by atoms with E-state index in [2.05, 4.69) is 22.0 Å². The van der Waals surface area contributed by atoms with Gasteiger partial charge in [0.15, 0.2) is 0 Å². The monoisotopic (exact) mass is 259 g/mol. The highest BCUT2D eigenvalue weighted by atomic mass is 15.2. The van der Waals surface area contributed by atoms with Gasteiger partial charge in [0, 0.05) is 35.6 Å². The predicted molar refractivity (Wildman–Crippen MR) is 79.1 cm³/mol. The van der Waals surface area contributed by atoms with Crippen LogP contribution in [0.4, 0.5) is 0 Å². The molecule has 2 rings (SSSR count). The molecule has 0 unspecified atom stereocenters. The van der Waals surface area contributed by atoms with Crippen LogP contribution < -0.4 is 17.0 Å². The molecule has 2 heterocycles. The van der Waals surface area contributed by atoms with E-state index in [0.717, 1.165) is 48.8 Å². The highest BCUT2D eigenvalue weighted by molar-refractivity contribution is 5.84. The van der Waals surface area contributed by atoms with Crippen LogP contribution in [0, 0.1) is 0 Å². The molecule has 0 saturated heterocycles. The molecule has 0 aliphatic heterocycles. The lowest BCUT2D eigenvalue weighted by Gasteiger charge is -2.10. The number of nitrogens with zero attached hydrogens (tertiary/aromatic N) is 1. The first-order valence-electron chi connectivity index (χ1n) is 6.57. The Morgan fingerprint density at radius 2 is 2.21 bits per heavy atom. The normalized spacial score (nSPS) is 11.0. The quantitative estimate of drug-likeness (QED) is 0.346. The Bertz CT molecular complexity index is 558. The molecule has 2 aromatic rings. The number of nitrogens with one attached hydrogen (secondary N) is 2. The van der Waals surface area contributed by atoms with Crippen LogP contribution in [0.25, 0.3) is 16.7 Å². The lowest BCUT2D eigenvalue weighted by Crippen LogP contribution is -2.22. The third-order valence-corrected chi connectivity index (χ3v) is 3.29. The minimum absolute atomic E-state index is 0.578. The zero-order valence-electron chi connectivity index (χ0n) is 11.1. The van der Waals surface area contributed by atoms with Gasteiger partial charge in [-0.05, 0) is 30.9 Å². The SMILES string of the molecule is C=C(N)c1cnc2[nH]ccc2c1CCCCCNN. The Morgan fingerprint density at radius 3 is 2.95 bits per heavy atom. The van der Waals surface area contributed by atoms with Gasteiger partial charge in [0.1, 0.15) is 5.65 Å². The first kappa shape index (κ1) is 13.6. The molecule has 0 aliphatic rings. The molecule has 0 aromatic carbocycles. The molecule has 0 atom stereocenters. The second kappa shape index (κ2) is 6.36. The van der Waals surface area contributed by atoms with Gasteiger partial charge in [-0.15, -0.1) is 0 Å². The number of unbranched alkanes of at least 4 members (excludes halogenated alkanes) is 2. The van der Waals surface area contributed by atoms with E-state index in [9.17, 15) is 0 Å². The van der Waals surface area contributed by atoms with Crippen LogP contribution in [0.5, 0.6) is 0 Å².